The maximum Gasteiger partial charge on any atom is 0.341 e. The number of hydrogen-bond acceptors (Lipinski definition) is 7. The number of hydrogen-bond donors (Lipinski definition) is 2. The highest BCUT2D eigenvalue weighted by atomic mass is 32.1. The maximum atomic E-state index is 12.9. The van der Waals surface area contributed by atoms with Crippen LogP contribution in [-0.2, 0) is 17.6 Å². The monoisotopic (exact) mass is 427 g/mol. The molecule has 8 heteroatoms. The van der Waals surface area contributed by atoms with E-state index in [1.807, 2.05) is 17.5 Å². The highest BCUT2D eigenvalue weighted by molar-refractivity contribution is 7.17. The van der Waals surface area contributed by atoms with Crippen molar-refractivity contribution in [2.75, 3.05) is 17.2 Å². The van der Waals surface area contributed by atoms with Gasteiger partial charge in [-0.15, -0.1) is 22.7 Å². The number of nitrogens with one attached hydrogen (secondary N) is 2. The number of aryl methyl sites for hydroxylation is 1. The van der Waals surface area contributed by atoms with Gasteiger partial charge in [-0.3, -0.25) is 4.79 Å². The van der Waals surface area contributed by atoms with Gasteiger partial charge in [0.15, 0.2) is 5.13 Å². The molecule has 0 aliphatic heterocycles. The smallest absolute Gasteiger partial charge is 0.341 e. The lowest BCUT2D eigenvalue weighted by Gasteiger charge is -2.12. The second-order valence-corrected chi connectivity index (χ2v) is 8.63. The number of fused-ring (bicyclic) bond motifs is 1. The molecule has 2 heterocycles. The Labute approximate surface area is 176 Å². The van der Waals surface area contributed by atoms with Crippen molar-refractivity contribution in [1.29, 1.82) is 0 Å². The first-order chi connectivity index (χ1) is 14.2. The van der Waals surface area contributed by atoms with Gasteiger partial charge in [0, 0.05) is 27.7 Å². The minimum Gasteiger partial charge on any atom is -0.462 e. The molecule has 0 spiro atoms. The predicted molar refractivity (Wildman–Crippen MR) is 117 cm³/mol. The van der Waals surface area contributed by atoms with Gasteiger partial charge in [0.25, 0.3) is 5.91 Å². The van der Waals surface area contributed by atoms with E-state index in [-0.39, 0.29) is 11.9 Å². The number of thiazole rings is 1. The Kier molecular flexibility index (Phi) is 5.92. The number of amides is 1. The van der Waals surface area contributed by atoms with E-state index < -0.39 is 0 Å². The summed E-state index contributed by atoms with van der Waals surface area (Å²) in [6.45, 7) is 2.09. The average molecular weight is 428 g/mol. The van der Waals surface area contributed by atoms with Crippen LogP contribution < -0.4 is 10.6 Å². The molecule has 29 heavy (non-hydrogen) atoms. The summed E-state index contributed by atoms with van der Waals surface area (Å²) in [6.07, 6.45) is 5.67. The van der Waals surface area contributed by atoms with Gasteiger partial charge in [-0.2, -0.15) is 0 Å². The quantitative estimate of drug-likeness (QED) is 0.525. The molecular weight excluding hydrogens is 406 g/mol. The molecule has 3 aromatic rings. The van der Waals surface area contributed by atoms with E-state index in [0.29, 0.717) is 22.7 Å². The topological polar surface area (TPSA) is 80.3 Å². The standard InChI is InChI=1S/C21H21N3O3S2/c1-2-27-20(26)17-15-8-3-4-9-16(15)29-19(17)24-18(25)13-6-5-7-14(12-13)23-21-22-10-11-28-21/h5-7,10-12H,2-4,8-9H2,1H3,(H,22,23)(H,24,25). The first kappa shape index (κ1) is 19.6. The number of rotatable bonds is 6. The van der Waals surface area contributed by atoms with Crippen LogP contribution in [0, 0.1) is 0 Å². The summed E-state index contributed by atoms with van der Waals surface area (Å²) >= 11 is 2.98. The Balaban J connectivity index is 1.58. The molecule has 0 radical (unpaired) electrons. The first-order valence-electron chi connectivity index (χ1n) is 9.55. The van der Waals surface area contributed by atoms with Crippen LogP contribution in [0.3, 0.4) is 0 Å². The van der Waals surface area contributed by atoms with Gasteiger partial charge < -0.3 is 15.4 Å². The summed E-state index contributed by atoms with van der Waals surface area (Å²) < 4.78 is 5.26. The van der Waals surface area contributed by atoms with Gasteiger partial charge in [0.2, 0.25) is 0 Å². The van der Waals surface area contributed by atoms with Gasteiger partial charge in [-0.1, -0.05) is 6.07 Å². The summed E-state index contributed by atoms with van der Waals surface area (Å²) in [6, 6.07) is 7.22. The fraction of sp³-hybridized carbons (Fsp3) is 0.286. The SMILES string of the molecule is CCOC(=O)c1c(NC(=O)c2cccc(Nc3nccs3)c2)sc2c1CCCC2. The summed E-state index contributed by atoms with van der Waals surface area (Å²) in [5.41, 5.74) is 2.85. The van der Waals surface area contributed by atoms with E-state index in [0.717, 1.165) is 42.1 Å². The zero-order valence-electron chi connectivity index (χ0n) is 16.0. The normalized spacial score (nSPS) is 12.9. The van der Waals surface area contributed by atoms with Crippen LogP contribution in [-0.4, -0.2) is 23.5 Å². The minimum atomic E-state index is -0.360. The largest absolute Gasteiger partial charge is 0.462 e. The number of aromatic nitrogens is 1. The second kappa shape index (κ2) is 8.75. The van der Waals surface area contributed by atoms with Crippen molar-refractivity contribution in [2.45, 2.75) is 32.6 Å². The lowest BCUT2D eigenvalue weighted by atomic mass is 9.95. The van der Waals surface area contributed by atoms with E-state index in [9.17, 15) is 9.59 Å². The fourth-order valence-corrected chi connectivity index (χ4v) is 5.22. The molecule has 0 bridgehead atoms. The molecule has 0 saturated carbocycles. The average Bonchev–Trinajstić information content (AvgIpc) is 3.35. The Hall–Kier alpha value is -2.71. The molecule has 1 amide bonds. The van der Waals surface area contributed by atoms with Crippen LogP contribution >= 0.6 is 22.7 Å². The van der Waals surface area contributed by atoms with E-state index in [1.165, 1.54) is 27.6 Å². The van der Waals surface area contributed by atoms with Crippen LogP contribution in [0.2, 0.25) is 0 Å². The number of ether oxygens (including phenoxy) is 1. The minimum absolute atomic E-state index is 0.253. The number of benzene rings is 1. The van der Waals surface area contributed by atoms with Crippen molar-refractivity contribution in [3.63, 3.8) is 0 Å². The van der Waals surface area contributed by atoms with E-state index >= 15 is 0 Å². The second-order valence-electron chi connectivity index (χ2n) is 6.63. The van der Waals surface area contributed by atoms with E-state index in [1.54, 1.807) is 25.3 Å². The lowest BCUT2D eigenvalue weighted by Crippen LogP contribution is -2.16. The van der Waals surface area contributed by atoms with Crippen molar-refractivity contribution in [3.8, 4) is 0 Å². The molecule has 4 rings (SSSR count). The zero-order valence-corrected chi connectivity index (χ0v) is 17.6. The third-order valence-corrected chi connectivity index (χ3v) is 6.58. The van der Waals surface area contributed by atoms with Crippen LogP contribution in [0.25, 0.3) is 0 Å². The summed E-state index contributed by atoms with van der Waals surface area (Å²) in [5.74, 6) is -0.613. The van der Waals surface area contributed by atoms with Crippen molar-refractivity contribution in [3.05, 3.63) is 57.4 Å². The molecule has 0 fully saturated rings. The molecule has 1 aliphatic carbocycles. The van der Waals surface area contributed by atoms with Gasteiger partial charge in [-0.25, -0.2) is 9.78 Å². The van der Waals surface area contributed by atoms with Crippen molar-refractivity contribution < 1.29 is 14.3 Å². The first-order valence-corrected chi connectivity index (χ1v) is 11.2. The summed E-state index contributed by atoms with van der Waals surface area (Å²) in [7, 11) is 0. The van der Waals surface area contributed by atoms with Gasteiger partial charge in [0.1, 0.15) is 5.00 Å². The third-order valence-electron chi connectivity index (χ3n) is 4.69. The highest BCUT2D eigenvalue weighted by Gasteiger charge is 2.27. The van der Waals surface area contributed by atoms with E-state index in [4.69, 9.17) is 4.74 Å². The van der Waals surface area contributed by atoms with Crippen LogP contribution in [0.1, 0.15) is 50.9 Å². The van der Waals surface area contributed by atoms with Gasteiger partial charge in [-0.05, 0) is 56.4 Å². The van der Waals surface area contributed by atoms with Crippen LogP contribution in [0.5, 0.6) is 0 Å². The Bertz CT molecular complexity index is 1030. The van der Waals surface area contributed by atoms with E-state index in [2.05, 4.69) is 15.6 Å². The predicted octanol–water partition coefficient (Wildman–Crippen LogP) is 5.26. The van der Waals surface area contributed by atoms with Crippen LogP contribution in [0.4, 0.5) is 15.8 Å². The molecule has 6 nitrogen and oxygen atoms in total. The number of carbonyl (C=O) groups excluding carboxylic acids is 2. The molecule has 0 atom stereocenters. The summed E-state index contributed by atoms with van der Waals surface area (Å²) in [4.78, 5) is 30.9. The van der Waals surface area contributed by atoms with Crippen molar-refractivity contribution in [1.82, 2.24) is 4.98 Å². The summed E-state index contributed by atoms with van der Waals surface area (Å²) in [5, 5.41) is 9.36. The molecule has 0 unspecified atom stereocenters. The number of esters is 1. The molecule has 1 aromatic carbocycles. The van der Waals surface area contributed by atoms with Gasteiger partial charge in [0.05, 0.1) is 12.2 Å². The number of anilines is 3. The maximum absolute atomic E-state index is 12.9. The molecule has 1 aliphatic rings. The Morgan fingerprint density at radius 1 is 1.24 bits per heavy atom. The van der Waals surface area contributed by atoms with Crippen molar-refractivity contribution in [2.24, 2.45) is 0 Å². The highest BCUT2D eigenvalue weighted by Crippen LogP contribution is 2.38. The zero-order chi connectivity index (χ0) is 20.2. The Morgan fingerprint density at radius 2 is 2.10 bits per heavy atom. The molecule has 150 valence electrons. The molecule has 2 N–H and O–H groups in total. The molecule has 2 aromatic heterocycles. The molecule has 0 saturated heterocycles. The fourth-order valence-electron chi connectivity index (χ4n) is 3.40. The number of nitrogens with zero attached hydrogens (tertiary/aromatic N) is 1. The third kappa shape index (κ3) is 4.33. The Morgan fingerprint density at radius 3 is 2.90 bits per heavy atom. The number of thiophene rings is 1. The number of carbonyl (C=O) groups is 2. The van der Waals surface area contributed by atoms with Crippen molar-refractivity contribution >= 4 is 50.4 Å². The van der Waals surface area contributed by atoms with Crippen LogP contribution in [0.15, 0.2) is 35.8 Å². The lowest BCUT2D eigenvalue weighted by molar-refractivity contribution is 0.0526. The van der Waals surface area contributed by atoms with Gasteiger partial charge >= 0.3 is 5.97 Å². The molecular formula is C21H21N3O3S2.